The normalized spacial score (nSPS) is 12.1. The van der Waals surface area contributed by atoms with Crippen molar-refractivity contribution in [3.8, 4) is 0 Å². The number of esters is 1. The third-order valence-electron chi connectivity index (χ3n) is 3.61. The Morgan fingerprint density at radius 1 is 1.07 bits per heavy atom. The molecule has 1 unspecified atom stereocenters. The number of amides is 1. The lowest BCUT2D eigenvalue weighted by Gasteiger charge is -2.21. The van der Waals surface area contributed by atoms with E-state index in [1.165, 1.54) is 0 Å². The van der Waals surface area contributed by atoms with Gasteiger partial charge in [0, 0.05) is 13.0 Å². The first-order chi connectivity index (χ1) is 13.2. The summed E-state index contributed by atoms with van der Waals surface area (Å²) in [6.45, 7) is 7.81. The quantitative estimate of drug-likeness (QED) is 0.580. The number of hydrogen-bond donors (Lipinski definition) is 1. The molecule has 1 atom stereocenters. The van der Waals surface area contributed by atoms with Crippen molar-refractivity contribution in [2.24, 2.45) is 0 Å². The molecule has 0 aliphatic carbocycles. The fourth-order valence-electron chi connectivity index (χ4n) is 2.35. The lowest BCUT2D eigenvalue weighted by atomic mass is 10.1. The molecule has 0 aliphatic rings. The highest BCUT2D eigenvalue weighted by molar-refractivity contribution is 5.86. The van der Waals surface area contributed by atoms with E-state index in [-0.39, 0.29) is 44.8 Å². The standard InChI is InChI=1S/C21H31NO6/c1-5-26-19(24)12-11-17(23)18(27-15-16-9-7-6-8-10-16)13-14-22-20(25)28-21(2,3)4/h6-10,18H,5,11-15H2,1-4H3,(H,22,25). The lowest BCUT2D eigenvalue weighted by Crippen LogP contribution is -2.35. The molecular weight excluding hydrogens is 362 g/mol. The van der Waals surface area contributed by atoms with Crippen LogP contribution in [-0.4, -0.2) is 42.7 Å². The van der Waals surface area contributed by atoms with Gasteiger partial charge in [-0.3, -0.25) is 9.59 Å². The molecule has 7 heteroatoms. The van der Waals surface area contributed by atoms with E-state index in [4.69, 9.17) is 14.2 Å². The zero-order chi connectivity index (χ0) is 21.0. The molecule has 156 valence electrons. The number of hydrogen-bond acceptors (Lipinski definition) is 6. The van der Waals surface area contributed by atoms with E-state index in [1.54, 1.807) is 27.7 Å². The van der Waals surface area contributed by atoms with Crippen LogP contribution in [0.1, 0.15) is 52.5 Å². The minimum atomic E-state index is -0.732. The number of Topliss-reactive ketones (excluding diaryl/α,β-unsaturated/α-hetero) is 1. The monoisotopic (exact) mass is 393 g/mol. The number of carbonyl (C=O) groups excluding carboxylic acids is 3. The molecule has 1 N–H and O–H groups in total. The summed E-state index contributed by atoms with van der Waals surface area (Å²) >= 11 is 0. The maximum absolute atomic E-state index is 12.5. The first-order valence-corrected chi connectivity index (χ1v) is 9.52. The third kappa shape index (κ3) is 10.7. The Labute approximate surface area is 166 Å². The number of rotatable bonds is 11. The highest BCUT2D eigenvalue weighted by Crippen LogP contribution is 2.11. The number of benzene rings is 1. The molecule has 0 heterocycles. The summed E-state index contributed by atoms with van der Waals surface area (Å²) in [7, 11) is 0. The molecular formula is C21H31NO6. The van der Waals surface area contributed by atoms with Gasteiger partial charge in [0.1, 0.15) is 11.7 Å². The van der Waals surface area contributed by atoms with E-state index in [0.29, 0.717) is 0 Å². The zero-order valence-electron chi connectivity index (χ0n) is 17.2. The van der Waals surface area contributed by atoms with Crippen LogP contribution in [-0.2, 0) is 30.4 Å². The molecule has 28 heavy (non-hydrogen) atoms. The molecule has 0 aromatic heterocycles. The van der Waals surface area contributed by atoms with Crippen molar-refractivity contribution in [3.05, 3.63) is 35.9 Å². The third-order valence-corrected chi connectivity index (χ3v) is 3.61. The number of ether oxygens (including phenoxy) is 3. The van der Waals surface area contributed by atoms with Crippen molar-refractivity contribution in [1.82, 2.24) is 5.32 Å². The number of ketones is 1. The highest BCUT2D eigenvalue weighted by atomic mass is 16.6. The van der Waals surface area contributed by atoms with Crippen molar-refractivity contribution in [1.29, 1.82) is 0 Å². The lowest BCUT2D eigenvalue weighted by molar-refractivity contribution is -0.145. The first-order valence-electron chi connectivity index (χ1n) is 9.52. The summed E-state index contributed by atoms with van der Waals surface area (Å²) in [5.41, 5.74) is 0.341. The van der Waals surface area contributed by atoms with Crippen LogP contribution < -0.4 is 5.32 Å². The Bertz CT molecular complexity index is 624. The van der Waals surface area contributed by atoms with Gasteiger partial charge in [0.15, 0.2) is 5.78 Å². The van der Waals surface area contributed by atoms with Crippen LogP contribution in [0.3, 0.4) is 0 Å². The summed E-state index contributed by atoms with van der Waals surface area (Å²) < 4.78 is 15.8. The van der Waals surface area contributed by atoms with E-state index in [0.717, 1.165) is 5.56 Å². The average Bonchev–Trinajstić information content (AvgIpc) is 2.62. The molecule has 0 radical (unpaired) electrons. The van der Waals surface area contributed by atoms with Crippen LogP contribution in [0.15, 0.2) is 30.3 Å². The van der Waals surface area contributed by atoms with Crippen LogP contribution >= 0.6 is 0 Å². The maximum atomic E-state index is 12.5. The van der Waals surface area contributed by atoms with Gasteiger partial charge in [-0.15, -0.1) is 0 Å². The van der Waals surface area contributed by atoms with Gasteiger partial charge >= 0.3 is 12.1 Å². The second-order valence-corrected chi connectivity index (χ2v) is 7.27. The van der Waals surface area contributed by atoms with Crippen molar-refractivity contribution in [3.63, 3.8) is 0 Å². The Hall–Kier alpha value is -2.41. The zero-order valence-corrected chi connectivity index (χ0v) is 17.2. The minimum absolute atomic E-state index is 0.0113. The Morgan fingerprint density at radius 2 is 1.75 bits per heavy atom. The molecule has 0 saturated carbocycles. The van der Waals surface area contributed by atoms with Crippen molar-refractivity contribution < 1.29 is 28.6 Å². The van der Waals surface area contributed by atoms with Crippen LogP contribution in [0.2, 0.25) is 0 Å². The fraction of sp³-hybridized carbons (Fsp3) is 0.571. The predicted octanol–water partition coefficient (Wildman–Crippen LogP) is 3.40. The molecule has 0 fully saturated rings. The van der Waals surface area contributed by atoms with Gasteiger partial charge in [0.25, 0.3) is 0 Å². The second kappa shape index (κ2) is 12.1. The van der Waals surface area contributed by atoms with Gasteiger partial charge in [-0.2, -0.15) is 0 Å². The molecule has 0 saturated heterocycles. The molecule has 7 nitrogen and oxygen atoms in total. The van der Waals surface area contributed by atoms with Crippen molar-refractivity contribution in [2.75, 3.05) is 13.2 Å². The summed E-state index contributed by atoms with van der Waals surface area (Å²) in [5.74, 6) is -0.612. The topological polar surface area (TPSA) is 90.9 Å². The summed E-state index contributed by atoms with van der Waals surface area (Å²) in [5, 5.41) is 2.62. The Kier molecular flexibility index (Phi) is 10.2. The van der Waals surface area contributed by atoms with Gasteiger partial charge in [0.2, 0.25) is 0 Å². The smallest absolute Gasteiger partial charge is 0.407 e. The molecule has 1 rings (SSSR count). The maximum Gasteiger partial charge on any atom is 0.407 e. The van der Waals surface area contributed by atoms with Crippen molar-refractivity contribution >= 4 is 17.8 Å². The van der Waals surface area contributed by atoms with Gasteiger partial charge in [0.05, 0.1) is 19.6 Å². The summed E-state index contributed by atoms with van der Waals surface area (Å²) in [6, 6.07) is 9.48. The van der Waals surface area contributed by atoms with Crippen LogP contribution in [0.4, 0.5) is 4.79 Å². The average molecular weight is 393 g/mol. The molecule has 0 spiro atoms. The van der Waals surface area contributed by atoms with E-state index >= 15 is 0 Å². The highest BCUT2D eigenvalue weighted by Gasteiger charge is 2.22. The van der Waals surface area contributed by atoms with Crippen LogP contribution in [0.25, 0.3) is 0 Å². The van der Waals surface area contributed by atoms with E-state index in [9.17, 15) is 14.4 Å². The number of nitrogens with one attached hydrogen (secondary N) is 1. The van der Waals surface area contributed by atoms with E-state index in [2.05, 4.69) is 5.32 Å². The summed E-state index contributed by atoms with van der Waals surface area (Å²) in [4.78, 5) is 35.8. The van der Waals surface area contributed by atoms with E-state index in [1.807, 2.05) is 30.3 Å². The SMILES string of the molecule is CCOC(=O)CCC(=O)C(CCNC(=O)OC(C)(C)C)OCc1ccccc1. The van der Waals surface area contributed by atoms with Gasteiger partial charge in [-0.05, 0) is 39.7 Å². The Balaban J connectivity index is 2.57. The van der Waals surface area contributed by atoms with Crippen LogP contribution in [0, 0.1) is 0 Å². The molecule has 1 amide bonds. The van der Waals surface area contributed by atoms with Crippen molar-refractivity contribution in [2.45, 2.75) is 65.3 Å². The summed E-state index contributed by atoms with van der Waals surface area (Å²) in [6.07, 6.45) is -0.951. The largest absolute Gasteiger partial charge is 0.466 e. The molecule has 1 aromatic carbocycles. The molecule has 0 bridgehead atoms. The molecule has 1 aromatic rings. The number of alkyl carbamates (subject to hydrolysis) is 1. The van der Waals surface area contributed by atoms with Gasteiger partial charge in [-0.1, -0.05) is 30.3 Å². The second-order valence-electron chi connectivity index (χ2n) is 7.27. The van der Waals surface area contributed by atoms with E-state index < -0.39 is 23.8 Å². The fourth-order valence-corrected chi connectivity index (χ4v) is 2.35. The Morgan fingerprint density at radius 3 is 2.36 bits per heavy atom. The van der Waals surface area contributed by atoms with Crippen LogP contribution in [0.5, 0.6) is 0 Å². The number of carbonyl (C=O) groups is 3. The first kappa shape index (κ1) is 23.6. The molecule has 0 aliphatic heterocycles. The minimum Gasteiger partial charge on any atom is -0.466 e. The van der Waals surface area contributed by atoms with Gasteiger partial charge < -0.3 is 19.5 Å². The van der Waals surface area contributed by atoms with Gasteiger partial charge in [-0.25, -0.2) is 4.79 Å². The predicted molar refractivity (Wildman–Crippen MR) is 105 cm³/mol.